The van der Waals surface area contributed by atoms with Gasteiger partial charge in [0.2, 0.25) is 15.9 Å². The topological polar surface area (TPSA) is 143 Å². The number of benzene rings is 1. The first-order valence-electron chi connectivity index (χ1n) is 13.7. The highest BCUT2D eigenvalue weighted by Gasteiger charge is 2.27. The summed E-state index contributed by atoms with van der Waals surface area (Å²) >= 11 is 1.36. The van der Waals surface area contributed by atoms with E-state index in [1.54, 1.807) is 13.1 Å². The van der Waals surface area contributed by atoms with Crippen LogP contribution in [0.1, 0.15) is 30.7 Å². The van der Waals surface area contributed by atoms with Crippen molar-refractivity contribution < 1.29 is 32.3 Å². The van der Waals surface area contributed by atoms with Gasteiger partial charge in [0.05, 0.1) is 24.7 Å². The SMILES string of the molecule is COCCN(C)S(=O)(=O)c1ccc(/C(=N\O[C@@H]2CCOC2)C(=O)Nc2ncc(CN3CCN(C(C)=O)[C@@H](C)C3)s2)cc1. The zero-order chi connectivity index (χ0) is 30.3. The summed E-state index contributed by atoms with van der Waals surface area (Å²) in [4.78, 5) is 40.3. The molecule has 2 aromatic rings. The molecule has 1 aromatic heterocycles. The van der Waals surface area contributed by atoms with Gasteiger partial charge in [-0.2, -0.15) is 4.31 Å². The van der Waals surface area contributed by atoms with Gasteiger partial charge in [0.15, 0.2) is 16.9 Å². The predicted octanol–water partition coefficient (Wildman–Crippen LogP) is 1.61. The second-order valence-corrected chi connectivity index (χ2v) is 13.4. The maximum absolute atomic E-state index is 13.4. The molecule has 0 unspecified atom stereocenters. The molecule has 2 saturated heterocycles. The summed E-state index contributed by atoms with van der Waals surface area (Å²) in [5, 5.41) is 7.36. The summed E-state index contributed by atoms with van der Waals surface area (Å²) < 4.78 is 37.3. The molecular weight excluding hydrogens is 584 g/mol. The monoisotopic (exact) mass is 622 g/mol. The first-order chi connectivity index (χ1) is 20.1. The molecule has 0 saturated carbocycles. The standard InChI is InChI=1S/C27H38N6O7S2/c1-19-16-32(10-11-33(19)20(2)34)17-23-15-28-27(41-23)29-26(35)25(30-40-22-9-13-39-18-22)21-5-7-24(8-6-21)42(36,37)31(3)12-14-38-4/h5-8,15,19,22H,9-14,16-18H2,1-4H3,(H,28,29,35)/b30-25+/t19-,22+/m0/s1. The Kier molecular flexibility index (Phi) is 11.0. The molecule has 13 nitrogen and oxygen atoms in total. The molecule has 1 N–H and O–H groups in total. The van der Waals surface area contributed by atoms with Crippen LogP contribution in [0.15, 0.2) is 40.5 Å². The number of ether oxygens (including phenoxy) is 2. The Morgan fingerprint density at radius 3 is 2.67 bits per heavy atom. The summed E-state index contributed by atoms with van der Waals surface area (Å²) in [7, 11) is -0.747. The molecule has 42 heavy (non-hydrogen) atoms. The molecular formula is C27H38N6O7S2. The number of carbonyl (C=O) groups excluding carboxylic acids is 2. The number of amides is 2. The van der Waals surface area contributed by atoms with Gasteiger partial charge in [0, 0.05) is 82.9 Å². The van der Waals surface area contributed by atoms with E-state index >= 15 is 0 Å². The minimum absolute atomic E-state index is 0.00971. The van der Waals surface area contributed by atoms with Crippen LogP contribution in [0.4, 0.5) is 5.13 Å². The summed E-state index contributed by atoms with van der Waals surface area (Å²) in [6.45, 7) is 7.87. The second kappa shape index (κ2) is 14.5. The molecule has 230 valence electrons. The van der Waals surface area contributed by atoms with Crippen molar-refractivity contribution in [2.75, 3.05) is 65.5 Å². The Labute approximate surface area is 250 Å². The highest BCUT2D eigenvalue weighted by Crippen LogP contribution is 2.23. The van der Waals surface area contributed by atoms with E-state index < -0.39 is 15.9 Å². The molecule has 2 atom stereocenters. The van der Waals surface area contributed by atoms with Crippen molar-refractivity contribution in [1.82, 2.24) is 19.1 Å². The Hall–Kier alpha value is -2.95. The van der Waals surface area contributed by atoms with Crippen molar-refractivity contribution in [1.29, 1.82) is 0 Å². The van der Waals surface area contributed by atoms with E-state index in [0.29, 0.717) is 43.4 Å². The molecule has 2 amide bonds. The van der Waals surface area contributed by atoms with Crippen molar-refractivity contribution in [3.05, 3.63) is 40.9 Å². The highest BCUT2D eigenvalue weighted by molar-refractivity contribution is 7.89. The van der Waals surface area contributed by atoms with Gasteiger partial charge in [-0.15, -0.1) is 11.3 Å². The van der Waals surface area contributed by atoms with Crippen molar-refractivity contribution in [3.63, 3.8) is 0 Å². The Balaban J connectivity index is 1.46. The van der Waals surface area contributed by atoms with Crippen LogP contribution in [0.2, 0.25) is 0 Å². The number of nitrogens with one attached hydrogen (secondary N) is 1. The van der Waals surface area contributed by atoms with Crippen molar-refractivity contribution in [2.24, 2.45) is 5.16 Å². The maximum atomic E-state index is 13.4. The molecule has 3 heterocycles. The average molecular weight is 623 g/mol. The van der Waals surface area contributed by atoms with Crippen LogP contribution in [0.25, 0.3) is 0 Å². The van der Waals surface area contributed by atoms with E-state index in [0.717, 1.165) is 18.0 Å². The maximum Gasteiger partial charge on any atom is 0.280 e. The third-order valence-electron chi connectivity index (χ3n) is 7.11. The largest absolute Gasteiger partial charge is 0.389 e. The smallest absolute Gasteiger partial charge is 0.280 e. The molecule has 0 radical (unpaired) electrons. The number of hydrogen-bond donors (Lipinski definition) is 1. The molecule has 4 rings (SSSR count). The lowest BCUT2D eigenvalue weighted by molar-refractivity contribution is -0.133. The fourth-order valence-corrected chi connectivity index (χ4v) is 6.72. The molecule has 2 fully saturated rings. The third kappa shape index (κ3) is 8.11. The summed E-state index contributed by atoms with van der Waals surface area (Å²) in [6, 6.07) is 6.05. The number of piperazine rings is 1. The third-order valence-corrected chi connectivity index (χ3v) is 9.88. The van der Waals surface area contributed by atoms with Crippen LogP contribution in [0, 0.1) is 0 Å². The molecule has 2 aliphatic rings. The molecule has 0 bridgehead atoms. The van der Waals surface area contributed by atoms with Crippen LogP contribution >= 0.6 is 11.3 Å². The van der Waals surface area contributed by atoms with Gasteiger partial charge in [-0.3, -0.25) is 19.8 Å². The number of thiazole rings is 1. The first kappa shape index (κ1) is 32.0. The van der Waals surface area contributed by atoms with E-state index in [9.17, 15) is 18.0 Å². The lowest BCUT2D eigenvalue weighted by Crippen LogP contribution is -2.52. The fourth-order valence-electron chi connectivity index (χ4n) is 4.71. The van der Waals surface area contributed by atoms with Crippen LogP contribution in [-0.2, 0) is 40.5 Å². The Morgan fingerprint density at radius 2 is 2.02 bits per heavy atom. The summed E-state index contributed by atoms with van der Waals surface area (Å²) in [6.07, 6.45) is 2.10. The van der Waals surface area contributed by atoms with E-state index in [4.69, 9.17) is 14.3 Å². The summed E-state index contributed by atoms with van der Waals surface area (Å²) in [5.41, 5.74) is 0.378. The van der Waals surface area contributed by atoms with Gasteiger partial charge in [-0.25, -0.2) is 13.4 Å². The van der Waals surface area contributed by atoms with E-state index in [1.165, 1.54) is 54.1 Å². The quantitative estimate of drug-likeness (QED) is 0.276. The van der Waals surface area contributed by atoms with Crippen molar-refractivity contribution >= 4 is 44.0 Å². The molecule has 0 spiro atoms. The highest BCUT2D eigenvalue weighted by atomic mass is 32.2. The molecule has 15 heteroatoms. The van der Waals surface area contributed by atoms with E-state index in [-0.39, 0.29) is 41.8 Å². The van der Waals surface area contributed by atoms with E-state index in [1.807, 2.05) is 11.8 Å². The van der Waals surface area contributed by atoms with Gasteiger partial charge >= 0.3 is 0 Å². The van der Waals surface area contributed by atoms with Gasteiger partial charge in [0.1, 0.15) is 0 Å². The number of hydrogen-bond acceptors (Lipinski definition) is 11. The van der Waals surface area contributed by atoms with Gasteiger partial charge < -0.3 is 19.2 Å². The number of rotatable bonds is 12. The normalized spacial score (nSPS) is 20.2. The molecule has 1 aromatic carbocycles. The Morgan fingerprint density at radius 1 is 1.26 bits per heavy atom. The van der Waals surface area contributed by atoms with Gasteiger partial charge in [-0.1, -0.05) is 17.3 Å². The number of oxime groups is 1. The molecule has 0 aliphatic carbocycles. The number of sulfonamides is 1. The number of methoxy groups -OCH3 is 1. The lowest BCUT2D eigenvalue weighted by atomic mass is 10.1. The van der Waals surface area contributed by atoms with Gasteiger partial charge in [-0.05, 0) is 19.1 Å². The zero-order valence-corrected chi connectivity index (χ0v) is 25.9. The zero-order valence-electron chi connectivity index (χ0n) is 24.3. The Bertz CT molecular complexity index is 1360. The number of nitrogens with zero attached hydrogens (tertiary/aromatic N) is 5. The number of aromatic nitrogens is 1. The minimum Gasteiger partial charge on any atom is -0.389 e. The summed E-state index contributed by atoms with van der Waals surface area (Å²) in [5.74, 6) is -0.455. The van der Waals surface area contributed by atoms with Crippen LogP contribution in [0.3, 0.4) is 0 Å². The van der Waals surface area contributed by atoms with Crippen LogP contribution in [0.5, 0.6) is 0 Å². The van der Waals surface area contributed by atoms with Crippen molar-refractivity contribution in [2.45, 2.75) is 43.9 Å². The molecule has 2 aliphatic heterocycles. The van der Waals surface area contributed by atoms with Crippen molar-refractivity contribution in [3.8, 4) is 0 Å². The predicted molar refractivity (Wildman–Crippen MR) is 158 cm³/mol. The lowest BCUT2D eigenvalue weighted by Gasteiger charge is -2.39. The van der Waals surface area contributed by atoms with Gasteiger partial charge in [0.25, 0.3) is 5.91 Å². The number of carbonyl (C=O) groups is 2. The minimum atomic E-state index is -3.73. The average Bonchev–Trinajstić information content (AvgIpc) is 3.64. The van der Waals surface area contributed by atoms with Crippen LogP contribution < -0.4 is 5.32 Å². The van der Waals surface area contributed by atoms with E-state index in [2.05, 4.69) is 20.4 Å². The number of likely N-dealkylation sites (N-methyl/N-ethyl adjacent to an activating group) is 1. The number of anilines is 1. The van der Waals surface area contributed by atoms with Crippen LogP contribution in [-0.4, -0.2) is 117 Å². The fraction of sp³-hybridized carbons (Fsp3) is 0.556. The first-order valence-corrected chi connectivity index (χ1v) is 16.0. The second-order valence-electron chi connectivity index (χ2n) is 10.3.